The van der Waals surface area contributed by atoms with E-state index in [0.717, 1.165) is 5.56 Å². The van der Waals surface area contributed by atoms with E-state index < -0.39 is 0 Å². The minimum absolute atomic E-state index is 0.245. The van der Waals surface area contributed by atoms with Gasteiger partial charge in [0.05, 0.1) is 7.11 Å². The Labute approximate surface area is 111 Å². The van der Waals surface area contributed by atoms with E-state index in [-0.39, 0.29) is 12.4 Å². The third kappa shape index (κ3) is 3.45. The molecule has 2 aromatic carbocycles. The number of nitrogens with two attached hydrogens (primary N) is 1. The summed E-state index contributed by atoms with van der Waals surface area (Å²) in [7, 11) is 1.55. The van der Waals surface area contributed by atoms with Crippen molar-refractivity contribution in [1.82, 2.24) is 0 Å². The minimum atomic E-state index is -0.310. The van der Waals surface area contributed by atoms with Crippen molar-refractivity contribution in [3.63, 3.8) is 0 Å². The molecule has 0 bridgehead atoms. The van der Waals surface area contributed by atoms with Crippen molar-refractivity contribution in [1.29, 1.82) is 0 Å². The summed E-state index contributed by atoms with van der Waals surface area (Å²) in [5.41, 5.74) is 7.22. The normalized spacial score (nSPS) is 10.3. The molecular weight excluding hydrogens is 245 g/mol. The molecule has 0 amide bonds. The van der Waals surface area contributed by atoms with E-state index in [9.17, 15) is 4.39 Å². The summed E-state index contributed by atoms with van der Waals surface area (Å²) in [6.07, 6.45) is 0. The van der Waals surface area contributed by atoms with Crippen LogP contribution in [0.3, 0.4) is 0 Å². The molecule has 0 heterocycles. The first kappa shape index (κ1) is 13.4. The minimum Gasteiger partial charge on any atom is -0.496 e. The van der Waals surface area contributed by atoms with Gasteiger partial charge in [0.25, 0.3) is 0 Å². The van der Waals surface area contributed by atoms with Gasteiger partial charge >= 0.3 is 0 Å². The Kier molecular flexibility index (Phi) is 4.36. The molecule has 0 aliphatic rings. The number of halogens is 1. The monoisotopic (exact) mass is 261 g/mol. The van der Waals surface area contributed by atoms with Crippen LogP contribution in [-0.2, 0) is 13.2 Å². The number of hydrogen-bond acceptors (Lipinski definition) is 3. The number of benzene rings is 2. The highest BCUT2D eigenvalue weighted by atomic mass is 19.1. The highest BCUT2D eigenvalue weighted by Gasteiger charge is 2.06. The summed E-state index contributed by atoms with van der Waals surface area (Å²) in [5, 5.41) is 0. The summed E-state index contributed by atoms with van der Waals surface area (Å²) in [4.78, 5) is 0. The van der Waals surface area contributed by atoms with Gasteiger partial charge in [-0.3, -0.25) is 0 Å². The van der Waals surface area contributed by atoms with E-state index in [0.29, 0.717) is 23.6 Å². The predicted octanol–water partition coefficient (Wildman–Crippen LogP) is 2.87. The molecule has 0 spiro atoms. The molecule has 100 valence electrons. The molecule has 0 fully saturated rings. The third-order valence-corrected chi connectivity index (χ3v) is 2.77. The van der Waals surface area contributed by atoms with Gasteiger partial charge in [-0.15, -0.1) is 0 Å². The summed E-state index contributed by atoms with van der Waals surface area (Å²) < 4.78 is 24.0. The molecule has 0 aliphatic heterocycles. The van der Waals surface area contributed by atoms with Crippen LogP contribution in [0.15, 0.2) is 42.5 Å². The number of ether oxygens (including phenoxy) is 2. The zero-order valence-corrected chi connectivity index (χ0v) is 10.7. The summed E-state index contributed by atoms with van der Waals surface area (Å²) in [5.74, 6) is 1.00. The van der Waals surface area contributed by atoms with E-state index >= 15 is 0 Å². The van der Waals surface area contributed by atoms with Crippen LogP contribution in [0, 0.1) is 5.82 Å². The Balaban J connectivity index is 2.11. The predicted molar refractivity (Wildman–Crippen MR) is 71.6 cm³/mol. The van der Waals surface area contributed by atoms with Crippen molar-refractivity contribution >= 4 is 0 Å². The number of rotatable bonds is 5. The first-order valence-corrected chi connectivity index (χ1v) is 5.97. The van der Waals surface area contributed by atoms with Crippen LogP contribution in [0.25, 0.3) is 0 Å². The topological polar surface area (TPSA) is 44.5 Å². The molecule has 2 aromatic rings. The average Bonchev–Trinajstić information content (AvgIpc) is 2.45. The molecule has 2 N–H and O–H groups in total. The van der Waals surface area contributed by atoms with Crippen molar-refractivity contribution < 1.29 is 13.9 Å². The zero-order chi connectivity index (χ0) is 13.7. The largest absolute Gasteiger partial charge is 0.496 e. The van der Waals surface area contributed by atoms with Crippen molar-refractivity contribution in [2.75, 3.05) is 7.11 Å². The van der Waals surface area contributed by atoms with Crippen LogP contribution < -0.4 is 15.2 Å². The maximum atomic E-state index is 13.2. The van der Waals surface area contributed by atoms with Crippen molar-refractivity contribution in [2.24, 2.45) is 5.73 Å². The van der Waals surface area contributed by atoms with Gasteiger partial charge in [-0.25, -0.2) is 4.39 Å². The van der Waals surface area contributed by atoms with Crippen molar-refractivity contribution in [2.45, 2.75) is 13.2 Å². The number of hydrogen-bond donors (Lipinski definition) is 1. The lowest BCUT2D eigenvalue weighted by Crippen LogP contribution is -2.01. The van der Waals surface area contributed by atoms with Gasteiger partial charge < -0.3 is 15.2 Å². The second-order valence-corrected chi connectivity index (χ2v) is 4.10. The van der Waals surface area contributed by atoms with Crippen molar-refractivity contribution in [3.8, 4) is 11.5 Å². The SMILES string of the molecule is COc1ccc(F)cc1COc1cccc(CN)c1. The van der Waals surface area contributed by atoms with Crippen LogP contribution in [0.5, 0.6) is 11.5 Å². The molecule has 0 saturated carbocycles. The molecule has 2 rings (SSSR count). The molecule has 0 unspecified atom stereocenters. The van der Waals surface area contributed by atoms with Gasteiger partial charge in [-0.2, -0.15) is 0 Å². The van der Waals surface area contributed by atoms with Gasteiger partial charge in [0.1, 0.15) is 23.9 Å². The Morgan fingerprint density at radius 3 is 2.74 bits per heavy atom. The van der Waals surface area contributed by atoms with Crippen LogP contribution in [0.4, 0.5) is 4.39 Å². The fourth-order valence-corrected chi connectivity index (χ4v) is 1.78. The first-order valence-electron chi connectivity index (χ1n) is 5.97. The Bertz CT molecular complexity index is 558. The van der Waals surface area contributed by atoms with E-state index in [1.807, 2.05) is 24.3 Å². The summed E-state index contributed by atoms with van der Waals surface area (Å²) >= 11 is 0. The van der Waals surface area contributed by atoms with Gasteiger partial charge in [0, 0.05) is 12.1 Å². The standard InChI is InChI=1S/C15H16FNO2/c1-18-15-6-5-13(16)8-12(15)10-19-14-4-2-3-11(7-14)9-17/h2-8H,9-10,17H2,1H3. The van der Waals surface area contributed by atoms with Crippen LogP contribution in [-0.4, -0.2) is 7.11 Å². The molecule has 19 heavy (non-hydrogen) atoms. The van der Waals surface area contributed by atoms with Crippen LogP contribution >= 0.6 is 0 Å². The van der Waals surface area contributed by atoms with Crippen LogP contribution in [0.2, 0.25) is 0 Å². The molecule has 4 heteroatoms. The lowest BCUT2D eigenvalue weighted by molar-refractivity contribution is 0.295. The highest BCUT2D eigenvalue weighted by Crippen LogP contribution is 2.22. The van der Waals surface area contributed by atoms with Crippen LogP contribution in [0.1, 0.15) is 11.1 Å². The zero-order valence-electron chi connectivity index (χ0n) is 10.7. The lowest BCUT2D eigenvalue weighted by Gasteiger charge is -2.11. The smallest absolute Gasteiger partial charge is 0.125 e. The maximum Gasteiger partial charge on any atom is 0.125 e. The van der Waals surface area contributed by atoms with Gasteiger partial charge in [-0.1, -0.05) is 12.1 Å². The van der Waals surface area contributed by atoms with Gasteiger partial charge in [0.2, 0.25) is 0 Å². The fraction of sp³-hybridized carbons (Fsp3) is 0.200. The molecule has 0 aromatic heterocycles. The van der Waals surface area contributed by atoms with Gasteiger partial charge in [-0.05, 0) is 35.9 Å². The molecule has 3 nitrogen and oxygen atoms in total. The van der Waals surface area contributed by atoms with E-state index in [4.69, 9.17) is 15.2 Å². The second kappa shape index (κ2) is 6.20. The van der Waals surface area contributed by atoms with Crippen molar-refractivity contribution in [3.05, 3.63) is 59.4 Å². The maximum absolute atomic E-state index is 13.2. The quantitative estimate of drug-likeness (QED) is 0.900. The van der Waals surface area contributed by atoms with E-state index in [1.165, 1.54) is 12.1 Å². The van der Waals surface area contributed by atoms with E-state index in [2.05, 4.69) is 0 Å². The van der Waals surface area contributed by atoms with E-state index in [1.54, 1.807) is 13.2 Å². The Hall–Kier alpha value is -2.07. The number of methoxy groups -OCH3 is 1. The average molecular weight is 261 g/mol. The molecule has 0 radical (unpaired) electrons. The Morgan fingerprint density at radius 1 is 1.16 bits per heavy atom. The molecule has 0 atom stereocenters. The first-order chi connectivity index (χ1) is 9.22. The summed E-state index contributed by atoms with van der Waals surface area (Å²) in [6.45, 7) is 0.704. The molecule has 0 aliphatic carbocycles. The second-order valence-electron chi connectivity index (χ2n) is 4.10. The third-order valence-electron chi connectivity index (χ3n) is 2.77. The Morgan fingerprint density at radius 2 is 2.00 bits per heavy atom. The fourth-order valence-electron chi connectivity index (χ4n) is 1.78. The molecular formula is C15H16FNO2. The lowest BCUT2D eigenvalue weighted by atomic mass is 10.2. The summed E-state index contributed by atoms with van der Waals surface area (Å²) in [6, 6.07) is 11.9. The van der Waals surface area contributed by atoms with Gasteiger partial charge in [0.15, 0.2) is 0 Å². The highest BCUT2D eigenvalue weighted by molar-refractivity contribution is 5.34. The molecule has 0 saturated heterocycles.